The third kappa shape index (κ3) is 2.99. The minimum Gasteiger partial charge on any atom is -0.274 e. The maximum Gasteiger partial charge on any atom is 0.264 e. The van der Waals surface area contributed by atoms with Crippen molar-refractivity contribution in [3.63, 3.8) is 0 Å². The lowest BCUT2D eigenvalue weighted by Crippen LogP contribution is -2.35. The average molecular weight is 421 g/mol. The highest BCUT2D eigenvalue weighted by Crippen LogP contribution is 2.51. The first-order chi connectivity index (χ1) is 13.2. The molecule has 1 aliphatic heterocycles. The van der Waals surface area contributed by atoms with Crippen LogP contribution in [0.25, 0.3) is 0 Å². The summed E-state index contributed by atoms with van der Waals surface area (Å²) in [4.78, 5) is 0.169. The van der Waals surface area contributed by atoms with Crippen LogP contribution in [0.2, 0.25) is 0 Å². The van der Waals surface area contributed by atoms with Crippen molar-refractivity contribution < 1.29 is 16.8 Å². The van der Waals surface area contributed by atoms with E-state index >= 15 is 0 Å². The van der Waals surface area contributed by atoms with Gasteiger partial charge in [-0.2, -0.15) is 0 Å². The van der Waals surface area contributed by atoms with Crippen LogP contribution in [-0.4, -0.2) is 36.7 Å². The van der Waals surface area contributed by atoms with Gasteiger partial charge >= 0.3 is 0 Å². The third-order valence-corrected chi connectivity index (χ3v) is 9.02. The van der Waals surface area contributed by atoms with Crippen LogP contribution in [0.3, 0.4) is 0 Å². The zero-order chi connectivity index (χ0) is 20.2. The van der Waals surface area contributed by atoms with Gasteiger partial charge in [-0.1, -0.05) is 31.0 Å². The molecule has 2 aromatic rings. The van der Waals surface area contributed by atoms with E-state index in [9.17, 15) is 16.8 Å². The Kier molecular flexibility index (Phi) is 4.46. The van der Waals surface area contributed by atoms with Gasteiger partial charge in [0, 0.05) is 19.0 Å². The van der Waals surface area contributed by atoms with Crippen LogP contribution in [0.4, 0.5) is 11.4 Å². The predicted octanol–water partition coefficient (Wildman–Crippen LogP) is 3.10. The van der Waals surface area contributed by atoms with Crippen molar-refractivity contribution in [2.24, 2.45) is 0 Å². The Morgan fingerprint density at radius 2 is 1.54 bits per heavy atom. The Bertz CT molecular complexity index is 1100. The lowest BCUT2D eigenvalue weighted by atomic mass is 9.81. The lowest BCUT2D eigenvalue weighted by molar-refractivity contribution is 0.477. The molecule has 0 unspecified atom stereocenters. The Labute approximate surface area is 166 Å². The van der Waals surface area contributed by atoms with Crippen molar-refractivity contribution in [3.05, 3.63) is 54.1 Å². The fourth-order valence-electron chi connectivity index (χ4n) is 4.43. The van der Waals surface area contributed by atoms with Gasteiger partial charge in [-0.15, -0.1) is 0 Å². The van der Waals surface area contributed by atoms with Crippen molar-refractivity contribution in [1.82, 2.24) is 0 Å². The summed E-state index contributed by atoms with van der Waals surface area (Å²) in [6.45, 7) is 0.472. The van der Waals surface area contributed by atoms with E-state index in [4.69, 9.17) is 0 Å². The Morgan fingerprint density at radius 1 is 0.929 bits per heavy atom. The van der Waals surface area contributed by atoms with Crippen molar-refractivity contribution in [2.45, 2.75) is 36.0 Å². The van der Waals surface area contributed by atoms with E-state index in [0.717, 1.165) is 47.5 Å². The number of anilines is 2. The van der Waals surface area contributed by atoms with Gasteiger partial charge in [0.25, 0.3) is 10.0 Å². The van der Waals surface area contributed by atoms with Gasteiger partial charge in [-0.3, -0.25) is 8.61 Å². The molecule has 150 valence electrons. The molecule has 1 aliphatic carbocycles. The zero-order valence-corrected chi connectivity index (χ0v) is 17.6. The molecule has 0 N–H and O–H groups in total. The van der Waals surface area contributed by atoms with E-state index < -0.39 is 20.0 Å². The van der Waals surface area contributed by atoms with Crippen molar-refractivity contribution in [2.75, 3.05) is 28.5 Å². The van der Waals surface area contributed by atoms with E-state index in [0.29, 0.717) is 12.2 Å². The SMILES string of the molecule is CN(c1ccc(S(=O)(=O)N2CC3(CCCC3)c3ccccc32)cc1)S(C)(=O)=O. The first kappa shape index (κ1) is 19.3. The monoisotopic (exact) mass is 420 g/mol. The smallest absolute Gasteiger partial charge is 0.264 e. The maximum absolute atomic E-state index is 13.4. The van der Waals surface area contributed by atoms with Gasteiger partial charge in [0.2, 0.25) is 10.0 Å². The topological polar surface area (TPSA) is 74.8 Å². The number of rotatable bonds is 4. The first-order valence-electron chi connectivity index (χ1n) is 9.31. The van der Waals surface area contributed by atoms with E-state index in [2.05, 4.69) is 6.07 Å². The molecule has 6 nitrogen and oxygen atoms in total. The number of hydrogen-bond acceptors (Lipinski definition) is 4. The molecule has 28 heavy (non-hydrogen) atoms. The van der Waals surface area contributed by atoms with Crippen molar-refractivity contribution in [1.29, 1.82) is 0 Å². The van der Waals surface area contributed by atoms with Gasteiger partial charge < -0.3 is 0 Å². The Balaban J connectivity index is 1.72. The van der Waals surface area contributed by atoms with E-state index in [-0.39, 0.29) is 10.3 Å². The molecule has 1 heterocycles. The summed E-state index contributed by atoms with van der Waals surface area (Å²) in [5.41, 5.74) is 2.24. The second-order valence-electron chi connectivity index (χ2n) is 7.74. The summed E-state index contributed by atoms with van der Waals surface area (Å²) in [6.07, 6.45) is 5.37. The molecule has 1 saturated carbocycles. The molecule has 2 aromatic carbocycles. The molecule has 1 fully saturated rings. The summed E-state index contributed by atoms with van der Waals surface area (Å²) in [6, 6.07) is 13.8. The van der Waals surface area contributed by atoms with Gasteiger partial charge in [0.15, 0.2) is 0 Å². The Hall–Kier alpha value is -2.06. The normalized spacial score (nSPS) is 18.4. The summed E-state index contributed by atoms with van der Waals surface area (Å²) < 4.78 is 52.9. The van der Waals surface area contributed by atoms with E-state index in [1.807, 2.05) is 18.2 Å². The van der Waals surface area contributed by atoms with Crippen LogP contribution in [0, 0.1) is 0 Å². The summed E-state index contributed by atoms with van der Waals surface area (Å²) in [5, 5.41) is 0. The molecule has 4 rings (SSSR count). The number of nitrogens with zero attached hydrogens (tertiary/aromatic N) is 2. The molecule has 0 amide bonds. The largest absolute Gasteiger partial charge is 0.274 e. The summed E-state index contributed by atoms with van der Waals surface area (Å²) in [5.74, 6) is 0. The second-order valence-corrected chi connectivity index (χ2v) is 11.6. The fraction of sp³-hybridized carbons (Fsp3) is 0.400. The highest BCUT2D eigenvalue weighted by atomic mass is 32.2. The van der Waals surface area contributed by atoms with Crippen molar-refractivity contribution in [3.8, 4) is 0 Å². The highest BCUT2D eigenvalue weighted by molar-refractivity contribution is 7.93. The van der Waals surface area contributed by atoms with Gasteiger partial charge in [-0.05, 0) is 48.7 Å². The minimum absolute atomic E-state index is 0.0832. The van der Waals surface area contributed by atoms with E-state index in [1.165, 1.54) is 35.6 Å². The molecule has 2 aliphatic rings. The first-order valence-corrected chi connectivity index (χ1v) is 12.6. The zero-order valence-electron chi connectivity index (χ0n) is 16.0. The van der Waals surface area contributed by atoms with Crippen LogP contribution in [0.5, 0.6) is 0 Å². The molecule has 0 saturated heterocycles. The van der Waals surface area contributed by atoms with Crippen LogP contribution >= 0.6 is 0 Å². The number of hydrogen-bond donors (Lipinski definition) is 0. The summed E-state index contributed by atoms with van der Waals surface area (Å²) >= 11 is 0. The Morgan fingerprint density at radius 3 is 2.14 bits per heavy atom. The molecule has 0 radical (unpaired) electrons. The van der Waals surface area contributed by atoms with Crippen LogP contribution in [-0.2, 0) is 25.5 Å². The standard InChI is InChI=1S/C20H24N2O4S2/c1-21(27(2,23)24)16-9-11-17(12-10-16)28(25,26)22-15-20(13-5-6-14-20)18-7-3-4-8-19(18)22/h3-4,7-12H,5-6,13-15H2,1-2H3. The second kappa shape index (κ2) is 6.49. The van der Waals surface area contributed by atoms with Crippen molar-refractivity contribution >= 4 is 31.4 Å². The lowest BCUT2D eigenvalue weighted by Gasteiger charge is -2.25. The third-order valence-electron chi connectivity index (χ3n) is 6.04. The number of sulfonamides is 2. The molecule has 0 atom stereocenters. The van der Waals surface area contributed by atoms with E-state index in [1.54, 1.807) is 0 Å². The summed E-state index contributed by atoms with van der Waals surface area (Å²) in [7, 11) is -5.69. The van der Waals surface area contributed by atoms with Crippen LogP contribution in [0.1, 0.15) is 31.2 Å². The highest BCUT2D eigenvalue weighted by Gasteiger charge is 2.47. The molecule has 0 bridgehead atoms. The minimum atomic E-state index is -3.73. The van der Waals surface area contributed by atoms with Crippen LogP contribution < -0.4 is 8.61 Å². The van der Waals surface area contributed by atoms with Gasteiger partial charge in [-0.25, -0.2) is 16.8 Å². The maximum atomic E-state index is 13.4. The molecule has 1 spiro atoms. The molecular weight excluding hydrogens is 396 g/mol. The number of para-hydroxylation sites is 1. The number of benzene rings is 2. The molecular formula is C20H24N2O4S2. The average Bonchev–Trinajstić information content (AvgIpc) is 3.27. The number of fused-ring (bicyclic) bond motifs is 2. The predicted molar refractivity (Wildman–Crippen MR) is 111 cm³/mol. The molecule has 8 heteroatoms. The van der Waals surface area contributed by atoms with Gasteiger partial charge in [0.1, 0.15) is 0 Å². The van der Waals surface area contributed by atoms with Gasteiger partial charge in [0.05, 0.1) is 22.5 Å². The molecule has 0 aromatic heterocycles. The van der Waals surface area contributed by atoms with Crippen LogP contribution in [0.15, 0.2) is 53.4 Å². The fourth-order valence-corrected chi connectivity index (χ4v) is 6.50. The quantitative estimate of drug-likeness (QED) is 0.762.